The lowest BCUT2D eigenvalue weighted by molar-refractivity contribution is 0.0547. The molecule has 0 fully saturated rings. The lowest BCUT2D eigenvalue weighted by Crippen LogP contribution is -2.27. The van der Waals surface area contributed by atoms with E-state index >= 15 is 0 Å². The van der Waals surface area contributed by atoms with Crippen molar-refractivity contribution in [2.45, 2.75) is 45.1 Å². The number of fused-ring (bicyclic) bond motifs is 2. The molecule has 3 heterocycles. The first kappa shape index (κ1) is 24.9. The quantitative estimate of drug-likeness (QED) is 0.313. The highest BCUT2D eigenvalue weighted by atomic mass is 35.5. The highest BCUT2D eigenvalue weighted by Gasteiger charge is 2.31. The number of ether oxygens (including phenoxy) is 1. The summed E-state index contributed by atoms with van der Waals surface area (Å²) in [5.74, 6) is -0.153. The number of aromatic nitrogens is 3. The Balaban J connectivity index is 2.18. The monoisotopic (exact) mass is 511 g/mol. The van der Waals surface area contributed by atoms with Crippen molar-refractivity contribution < 1.29 is 17.9 Å². The number of hydrogen-bond acceptors (Lipinski definition) is 6. The smallest absolute Gasteiger partial charge is 0.419 e. The molecule has 0 radical (unpaired) electrons. The van der Waals surface area contributed by atoms with Crippen LogP contribution in [0.1, 0.15) is 38.8 Å². The van der Waals surface area contributed by atoms with Gasteiger partial charge in [0.25, 0.3) is 0 Å². The van der Waals surface area contributed by atoms with Crippen molar-refractivity contribution in [3.8, 4) is 11.4 Å². The van der Waals surface area contributed by atoms with Crippen molar-refractivity contribution in [1.82, 2.24) is 14.5 Å². The molecular formula is C26H26ClN3O4S. The van der Waals surface area contributed by atoms with Gasteiger partial charge in [-0.1, -0.05) is 43.3 Å². The molecule has 0 amide bonds. The van der Waals surface area contributed by atoms with E-state index in [2.05, 4.69) is 11.6 Å². The van der Waals surface area contributed by atoms with Gasteiger partial charge in [-0.3, -0.25) is 4.98 Å². The zero-order valence-corrected chi connectivity index (χ0v) is 21.8. The molecule has 0 aliphatic rings. The molecule has 0 spiro atoms. The van der Waals surface area contributed by atoms with Gasteiger partial charge in [-0.2, -0.15) is 0 Å². The maximum atomic E-state index is 13.5. The van der Waals surface area contributed by atoms with Crippen molar-refractivity contribution in [2.75, 3.05) is 5.75 Å². The molecule has 0 unspecified atom stereocenters. The Morgan fingerprint density at radius 1 is 1.23 bits per heavy atom. The first-order valence-electron chi connectivity index (χ1n) is 11.1. The summed E-state index contributed by atoms with van der Waals surface area (Å²) in [7, 11) is -3.75. The van der Waals surface area contributed by atoms with Crippen LogP contribution in [0.15, 0.2) is 48.0 Å². The molecule has 1 aromatic carbocycles. The highest BCUT2D eigenvalue weighted by Crippen LogP contribution is 2.40. The first-order valence-corrected chi connectivity index (χ1v) is 13.1. The van der Waals surface area contributed by atoms with Crippen LogP contribution in [0.3, 0.4) is 0 Å². The van der Waals surface area contributed by atoms with Crippen molar-refractivity contribution in [2.24, 2.45) is 0 Å². The fraction of sp³-hybridized carbons (Fsp3) is 0.269. The van der Waals surface area contributed by atoms with E-state index in [0.29, 0.717) is 21.9 Å². The number of carbonyl (C=O) groups excluding carboxylic acids is 1. The second kappa shape index (κ2) is 8.77. The third kappa shape index (κ3) is 4.56. The fourth-order valence-electron chi connectivity index (χ4n) is 3.79. The average Bonchev–Trinajstić information content (AvgIpc) is 3.08. The van der Waals surface area contributed by atoms with Crippen LogP contribution >= 0.6 is 11.6 Å². The molecule has 4 rings (SSSR count). The van der Waals surface area contributed by atoms with Gasteiger partial charge < -0.3 is 4.74 Å². The van der Waals surface area contributed by atoms with Gasteiger partial charge in [0, 0.05) is 11.6 Å². The Morgan fingerprint density at radius 3 is 2.57 bits per heavy atom. The molecule has 7 nitrogen and oxygen atoms in total. The van der Waals surface area contributed by atoms with Crippen LogP contribution in [0.4, 0.5) is 4.79 Å². The number of benzene rings is 1. The minimum Gasteiger partial charge on any atom is -0.443 e. The zero-order valence-electron chi connectivity index (χ0n) is 20.2. The number of carbonyl (C=O) groups is 1. The summed E-state index contributed by atoms with van der Waals surface area (Å²) in [5, 5.41) is 0.751. The van der Waals surface area contributed by atoms with Crippen LogP contribution in [0.25, 0.3) is 39.4 Å². The molecule has 0 saturated carbocycles. The molecule has 0 saturated heterocycles. The molecule has 0 N–H and O–H groups in total. The summed E-state index contributed by atoms with van der Waals surface area (Å²) in [4.78, 5) is 22.6. The topological polar surface area (TPSA) is 91.2 Å². The summed E-state index contributed by atoms with van der Waals surface area (Å²) in [6.45, 7) is 12.4. The summed E-state index contributed by atoms with van der Waals surface area (Å²) in [5.41, 5.74) is 2.28. The number of hydrogen-bond donors (Lipinski definition) is 0. The van der Waals surface area contributed by atoms with E-state index in [1.807, 2.05) is 13.0 Å². The lowest BCUT2D eigenvalue weighted by atomic mass is 10.1. The molecular weight excluding hydrogens is 486 g/mol. The van der Waals surface area contributed by atoms with Crippen LogP contribution in [-0.2, 0) is 14.6 Å². The third-order valence-corrected chi connectivity index (χ3v) is 7.54. The van der Waals surface area contributed by atoms with Crippen molar-refractivity contribution in [3.05, 3.63) is 59.3 Å². The second-order valence-electron chi connectivity index (χ2n) is 9.25. The maximum Gasteiger partial charge on any atom is 0.419 e. The van der Waals surface area contributed by atoms with Crippen LogP contribution in [0, 0.1) is 6.92 Å². The standard InChI is InChI=1S/C26H26ClN3O4S/c1-7-16-9-10-17-13-20(35(32,33)8-2)23(29-18(17)12-16)24-21(27)22-19(11-15(3)14-28-22)30(24)25(31)34-26(4,5)6/h7,9-14H,1,8H2,2-6H3. The van der Waals surface area contributed by atoms with E-state index in [1.165, 1.54) is 4.57 Å². The van der Waals surface area contributed by atoms with Gasteiger partial charge in [-0.05, 0) is 57.0 Å². The van der Waals surface area contributed by atoms with Gasteiger partial charge >= 0.3 is 6.09 Å². The predicted octanol–water partition coefficient (Wildman–Crippen LogP) is 6.43. The second-order valence-corrected chi connectivity index (χ2v) is 11.9. The third-order valence-electron chi connectivity index (χ3n) is 5.44. The van der Waals surface area contributed by atoms with E-state index in [-0.39, 0.29) is 27.1 Å². The first-order chi connectivity index (χ1) is 16.4. The summed E-state index contributed by atoms with van der Waals surface area (Å²) >= 11 is 6.80. The van der Waals surface area contributed by atoms with Crippen molar-refractivity contribution in [1.29, 1.82) is 0 Å². The Bertz CT molecular complexity index is 1620. The minimum atomic E-state index is -3.75. The SMILES string of the molecule is C=Cc1ccc2cc(S(=O)(=O)CC)c(-c3c(Cl)c4ncc(C)cc4n3C(=O)OC(C)(C)C)nc2c1. The van der Waals surface area contributed by atoms with Gasteiger partial charge in [-0.15, -0.1) is 0 Å². The van der Waals surface area contributed by atoms with E-state index in [1.54, 1.807) is 64.2 Å². The largest absolute Gasteiger partial charge is 0.443 e. The predicted molar refractivity (Wildman–Crippen MR) is 140 cm³/mol. The Kier molecular flexibility index (Phi) is 6.23. The molecule has 0 aliphatic heterocycles. The van der Waals surface area contributed by atoms with Crippen LogP contribution in [0.5, 0.6) is 0 Å². The number of halogens is 1. The van der Waals surface area contributed by atoms with Gasteiger partial charge in [0.05, 0.1) is 26.7 Å². The molecule has 0 bridgehead atoms. The van der Waals surface area contributed by atoms with Gasteiger partial charge in [0.2, 0.25) is 0 Å². The Labute approximate surface area is 209 Å². The zero-order chi connectivity index (χ0) is 25.7. The van der Waals surface area contributed by atoms with Crippen molar-refractivity contribution in [3.63, 3.8) is 0 Å². The molecule has 0 atom stereocenters. The lowest BCUT2D eigenvalue weighted by Gasteiger charge is -2.21. The molecule has 0 aliphatic carbocycles. The maximum absolute atomic E-state index is 13.5. The average molecular weight is 512 g/mol. The Hall–Kier alpha value is -3.23. The molecule has 182 valence electrons. The molecule has 4 aromatic rings. The van der Waals surface area contributed by atoms with E-state index in [9.17, 15) is 13.2 Å². The Morgan fingerprint density at radius 2 is 1.94 bits per heavy atom. The van der Waals surface area contributed by atoms with E-state index in [0.717, 1.165) is 11.1 Å². The van der Waals surface area contributed by atoms with E-state index < -0.39 is 21.5 Å². The normalized spacial score (nSPS) is 12.3. The van der Waals surface area contributed by atoms with Crippen molar-refractivity contribution >= 4 is 55.5 Å². The molecule has 35 heavy (non-hydrogen) atoms. The van der Waals surface area contributed by atoms with Crippen LogP contribution in [0.2, 0.25) is 5.02 Å². The fourth-order valence-corrected chi connectivity index (χ4v) is 5.16. The summed E-state index contributed by atoms with van der Waals surface area (Å²) < 4.78 is 33.4. The highest BCUT2D eigenvalue weighted by molar-refractivity contribution is 7.91. The number of sulfone groups is 1. The van der Waals surface area contributed by atoms with Gasteiger partial charge in [-0.25, -0.2) is 22.8 Å². The summed E-state index contributed by atoms with van der Waals surface area (Å²) in [6.07, 6.45) is 2.60. The van der Waals surface area contributed by atoms with Crippen LogP contribution < -0.4 is 0 Å². The number of rotatable bonds is 4. The number of aryl methyl sites for hydroxylation is 1. The van der Waals surface area contributed by atoms with E-state index in [4.69, 9.17) is 21.3 Å². The molecule has 3 aromatic heterocycles. The molecule has 9 heteroatoms. The van der Waals surface area contributed by atoms with Gasteiger partial charge in [0.15, 0.2) is 9.84 Å². The van der Waals surface area contributed by atoms with Crippen LogP contribution in [-0.4, -0.2) is 40.4 Å². The summed E-state index contributed by atoms with van der Waals surface area (Å²) in [6, 6.07) is 8.73. The minimum absolute atomic E-state index is 0.0231. The van der Waals surface area contributed by atoms with Gasteiger partial charge in [0.1, 0.15) is 22.5 Å². The number of pyridine rings is 2. The number of nitrogens with zero attached hydrogens (tertiary/aromatic N) is 3.